The first-order valence-corrected chi connectivity index (χ1v) is 6.15. The van der Waals surface area contributed by atoms with E-state index in [0.29, 0.717) is 5.69 Å². The molecule has 2 N–H and O–H groups in total. The quantitative estimate of drug-likeness (QED) is 0.908. The van der Waals surface area contributed by atoms with Crippen LogP contribution in [0, 0.1) is 6.92 Å². The van der Waals surface area contributed by atoms with Gasteiger partial charge in [-0.1, -0.05) is 15.9 Å². The third-order valence-corrected chi connectivity index (χ3v) is 2.83. The summed E-state index contributed by atoms with van der Waals surface area (Å²) in [5, 5.41) is 11.4. The number of benzene rings is 1. The van der Waals surface area contributed by atoms with Crippen LogP contribution in [0.15, 0.2) is 39.4 Å². The summed E-state index contributed by atoms with van der Waals surface area (Å²) in [5.41, 5.74) is 1.52. The Morgan fingerprint density at radius 1 is 1.26 bits per heavy atom. The number of amides is 1. The highest BCUT2D eigenvalue weighted by Gasteiger charge is 2.14. The van der Waals surface area contributed by atoms with Crippen LogP contribution in [-0.2, 0) is 0 Å². The Bertz CT molecular complexity index is 628. The summed E-state index contributed by atoms with van der Waals surface area (Å²) in [5.74, 6) is -1.68. The standard InChI is InChI=1S/C13H10BrNO4/c1-7-2-9(14)5-10(3-7)15-12(16)11-4-8(6-19-11)13(17)18/h2-6H,1H3,(H,15,16)(H,17,18). The molecule has 1 aromatic heterocycles. The van der Waals surface area contributed by atoms with Gasteiger partial charge in [-0.05, 0) is 30.7 Å². The van der Waals surface area contributed by atoms with Gasteiger partial charge in [0.1, 0.15) is 6.26 Å². The number of carboxylic acids is 1. The number of anilines is 1. The summed E-state index contributed by atoms with van der Waals surface area (Å²) in [6, 6.07) is 6.63. The zero-order chi connectivity index (χ0) is 14.0. The number of aryl methyl sites for hydroxylation is 1. The topological polar surface area (TPSA) is 79.5 Å². The molecule has 0 bridgehead atoms. The molecule has 0 fully saturated rings. The summed E-state index contributed by atoms with van der Waals surface area (Å²) in [6.07, 6.45) is 1.03. The molecule has 0 atom stereocenters. The molecule has 98 valence electrons. The number of hydrogen-bond donors (Lipinski definition) is 2. The van der Waals surface area contributed by atoms with E-state index in [4.69, 9.17) is 9.52 Å². The smallest absolute Gasteiger partial charge is 0.338 e. The van der Waals surface area contributed by atoms with Gasteiger partial charge in [0, 0.05) is 16.2 Å². The van der Waals surface area contributed by atoms with E-state index in [0.717, 1.165) is 16.3 Å². The first kappa shape index (κ1) is 13.4. The highest BCUT2D eigenvalue weighted by molar-refractivity contribution is 9.10. The maximum Gasteiger partial charge on any atom is 0.338 e. The molecule has 0 unspecified atom stereocenters. The fraction of sp³-hybridized carbons (Fsp3) is 0.0769. The molecular weight excluding hydrogens is 314 g/mol. The van der Waals surface area contributed by atoms with Crippen LogP contribution in [0.4, 0.5) is 5.69 Å². The minimum absolute atomic E-state index is 0.0463. The second-order valence-electron chi connectivity index (χ2n) is 3.98. The SMILES string of the molecule is Cc1cc(Br)cc(NC(=O)c2cc(C(=O)O)co2)c1. The van der Waals surface area contributed by atoms with Crippen LogP contribution in [0.25, 0.3) is 0 Å². The van der Waals surface area contributed by atoms with Crippen LogP contribution in [0.2, 0.25) is 0 Å². The highest BCUT2D eigenvalue weighted by Crippen LogP contribution is 2.20. The molecule has 0 aliphatic heterocycles. The first-order valence-electron chi connectivity index (χ1n) is 5.36. The van der Waals surface area contributed by atoms with Crippen molar-refractivity contribution in [3.05, 3.63) is 51.9 Å². The summed E-state index contributed by atoms with van der Waals surface area (Å²) in [6.45, 7) is 1.90. The van der Waals surface area contributed by atoms with Gasteiger partial charge >= 0.3 is 5.97 Å². The Hall–Kier alpha value is -2.08. The average Bonchev–Trinajstić information content (AvgIpc) is 2.76. The van der Waals surface area contributed by atoms with Crippen molar-refractivity contribution < 1.29 is 19.1 Å². The third kappa shape index (κ3) is 3.23. The minimum Gasteiger partial charge on any atom is -0.478 e. The fourth-order valence-electron chi connectivity index (χ4n) is 1.57. The molecule has 1 aromatic carbocycles. The molecule has 0 saturated heterocycles. The molecule has 0 radical (unpaired) electrons. The summed E-state index contributed by atoms with van der Waals surface area (Å²) < 4.78 is 5.76. The molecule has 0 spiro atoms. The zero-order valence-corrected chi connectivity index (χ0v) is 11.5. The van der Waals surface area contributed by atoms with Crippen LogP contribution < -0.4 is 5.32 Å². The minimum atomic E-state index is -1.14. The number of halogens is 1. The number of aromatic carboxylic acids is 1. The largest absolute Gasteiger partial charge is 0.478 e. The van der Waals surface area contributed by atoms with E-state index < -0.39 is 11.9 Å². The molecule has 0 aliphatic carbocycles. The van der Waals surface area contributed by atoms with Gasteiger partial charge in [-0.2, -0.15) is 0 Å². The van der Waals surface area contributed by atoms with Crippen LogP contribution >= 0.6 is 15.9 Å². The van der Waals surface area contributed by atoms with Crippen molar-refractivity contribution in [3.63, 3.8) is 0 Å². The summed E-state index contributed by atoms with van der Waals surface area (Å²) in [4.78, 5) is 22.5. The number of rotatable bonds is 3. The molecule has 0 saturated carbocycles. The van der Waals surface area contributed by atoms with Gasteiger partial charge < -0.3 is 14.8 Å². The number of nitrogens with one attached hydrogen (secondary N) is 1. The van der Waals surface area contributed by atoms with E-state index in [1.54, 1.807) is 12.1 Å². The number of furan rings is 1. The van der Waals surface area contributed by atoms with Crippen molar-refractivity contribution in [2.24, 2.45) is 0 Å². The Balaban J connectivity index is 2.18. The lowest BCUT2D eigenvalue weighted by molar-refractivity contribution is 0.0696. The van der Waals surface area contributed by atoms with Crippen molar-refractivity contribution in [2.45, 2.75) is 6.92 Å². The van der Waals surface area contributed by atoms with Crippen molar-refractivity contribution in [1.82, 2.24) is 0 Å². The lowest BCUT2D eigenvalue weighted by atomic mass is 10.2. The van der Waals surface area contributed by atoms with E-state index in [1.807, 2.05) is 13.0 Å². The number of hydrogen-bond acceptors (Lipinski definition) is 3. The van der Waals surface area contributed by atoms with Gasteiger partial charge in [-0.15, -0.1) is 0 Å². The zero-order valence-electron chi connectivity index (χ0n) is 9.94. The van der Waals surface area contributed by atoms with Crippen molar-refractivity contribution in [1.29, 1.82) is 0 Å². The molecule has 6 heteroatoms. The number of carboxylic acid groups (broad SMARTS) is 1. The maximum absolute atomic E-state index is 11.9. The Kier molecular flexibility index (Phi) is 3.71. The Morgan fingerprint density at radius 3 is 2.58 bits per heavy atom. The van der Waals surface area contributed by atoms with Crippen molar-refractivity contribution in [2.75, 3.05) is 5.32 Å². The van der Waals surface area contributed by atoms with E-state index >= 15 is 0 Å². The summed E-state index contributed by atoms with van der Waals surface area (Å²) in [7, 11) is 0. The highest BCUT2D eigenvalue weighted by atomic mass is 79.9. The molecule has 2 aromatic rings. The predicted molar refractivity (Wildman–Crippen MR) is 72.5 cm³/mol. The second-order valence-corrected chi connectivity index (χ2v) is 4.89. The van der Waals surface area contributed by atoms with Crippen LogP contribution in [-0.4, -0.2) is 17.0 Å². The Labute approximate surface area is 117 Å². The van der Waals surface area contributed by atoms with E-state index in [9.17, 15) is 9.59 Å². The Morgan fingerprint density at radius 2 is 2.00 bits per heavy atom. The van der Waals surface area contributed by atoms with Crippen molar-refractivity contribution >= 4 is 33.5 Å². The van der Waals surface area contributed by atoms with Gasteiger partial charge in [0.05, 0.1) is 5.56 Å². The average molecular weight is 324 g/mol. The van der Waals surface area contributed by atoms with E-state index in [2.05, 4.69) is 21.2 Å². The summed E-state index contributed by atoms with van der Waals surface area (Å²) >= 11 is 3.33. The third-order valence-electron chi connectivity index (χ3n) is 2.37. The maximum atomic E-state index is 11.9. The molecule has 1 heterocycles. The normalized spacial score (nSPS) is 10.2. The molecule has 19 heavy (non-hydrogen) atoms. The van der Waals surface area contributed by atoms with Gasteiger partial charge in [-0.3, -0.25) is 4.79 Å². The first-order chi connectivity index (χ1) is 8.95. The van der Waals surface area contributed by atoms with Crippen LogP contribution in [0.1, 0.15) is 26.5 Å². The molecule has 0 aliphatic rings. The predicted octanol–water partition coefficient (Wildman–Crippen LogP) is 3.30. The van der Waals surface area contributed by atoms with Gasteiger partial charge in [0.15, 0.2) is 5.76 Å². The van der Waals surface area contributed by atoms with Gasteiger partial charge in [0.2, 0.25) is 0 Å². The van der Waals surface area contributed by atoms with E-state index in [1.165, 1.54) is 6.07 Å². The van der Waals surface area contributed by atoms with Crippen LogP contribution in [0.5, 0.6) is 0 Å². The molecular formula is C13H10BrNO4. The molecule has 2 rings (SSSR count). The van der Waals surface area contributed by atoms with E-state index in [-0.39, 0.29) is 11.3 Å². The second kappa shape index (κ2) is 5.27. The molecule has 5 nitrogen and oxygen atoms in total. The molecule has 1 amide bonds. The monoisotopic (exact) mass is 323 g/mol. The van der Waals surface area contributed by atoms with Crippen molar-refractivity contribution in [3.8, 4) is 0 Å². The number of carbonyl (C=O) groups excluding carboxylic acids is 1. The van der Waals surface area contributed by atoms with Crippen LogP contribution in [0.3, 0.4) is 0 Å². The van der Waals surface area contributed by atoms with Gasteiger partial charge in [0.25, 0.3) is 5.91 Å². The number of carbonyl (C=O) groups is 2. The fourth-order valence-corrected chi connectivity index (χ4v) is 2.18. The lowest BCUT2D eigenvalue weighted by Crippen LogP contribution is -2.11. The van der Waals surface area contributed by atoms with Gasteiger partial charge in [-0.25, -0.2) is 4.79 Å². The lowest BCUT2D eigenvalue weighted by Gasteiger charge is -2.05.